The summed E-state index contributed by atoms with van der Waals surface area (Å²) in [5.74, 6) is -0.202. The second kappa shape index (κ2) is 3.39. The summed E-state index contributed by atoms with van der Waals surface area (Å²) in [4.78, 5) is 10.9. The molecule has 0 aromatic carbocycles. The quantitative estimate of drug-likeness (QED) is 0.369. The van der Waals surface area contributed by atoms with Gasteiger partial charge in [-0.25, -0.2) is 0 Å². The van der Waals surface area contributed by atoms with Crippen LogP contribution in [0.5, 0.6) is 0 Å². The first-order chi connectivity index (χ1) is 4.39. The predicted octanol–water partition coefficient (Wildman–Crippen LogP) is 1.99. The number of hydrogen-bond donors (Lipinski definition) is 0. The van der Waals surface area contributed by atoms with Crippen LogP contribution in [-0.2, 0) is 9.53 Å². The molecule has 0 aliphatic carbocycles. The van der Waals surface area contributed by atoms with E-state index in [2.05, 4.69) is 4.74 Å². The fraction of sp³-hybridized carbons (Fsp3) is 0.833. The molecule has 0 spiro atoms. The van der Waals surface area contributed by atoms with E-state index in [4.69, 9.17) is 11.1 Å². The van der Waals surface area contributed by atoms with Crippen molar-refractivity contribution in [3.63, 3.8) is 0 Å². The Balaban J connectivity index is 4.08. The van der Waals surface area contributed by atoms with Crippen LogP contribution >= 0.6 is 11.1 Å². The third-order valence-corrected chi connectivity index (χ3v) is 4.86. The van der Waals surface area contributed by atoms with Crippen molar-refractivity contribution in [3.05, 3.63) is 0 Å². The van der Waals surface area contributed by atoms with Crippen LogP contribution in [0.2, 0.25) is 18.6 Å². The second-order valence-electron chi connectivity index (χ2n) is 2.81. The largest absolute Gasteiger partial charge is 0.469 e. The number of carbonyl (C=O) groups excluding carboxylic acids is 1. The molecule has 0 saturated carbocycles. The van der Waals surface area contributed by atoms with Gasteiger partial charge in [0.05, 0.1) is 12.7 Å². The number of methoxy groups -OCH3 is 1. The second-order valence-corrected chi connectivity index (χ2v) is 9.73. The highest BCUT2D eigenvalue weighted by Crippen LogP contribution is 2.25. The summed E-state index contributed by atoms with van der Waals surface area (Å²) >= 11 is 6.00. The number of rotatable bonds is 2. The molecule has 10 heavy (non-hydrogen) atoms. The first kappa shape index (κ1) is 9.98. The molecule has 0 aliphatic rings. The molecule has 0 bridgehead atoms. The van der Waals surface area contributed by atoms with Crippen molar-refractivity contribution in [1.29, 1.82) is 0 Å². The normalized spacial score (nSPS) is 14.5. The summed E-state index contributed by atoms with van der Waals surface area (Å²) in [5.41, 5.74) is -0.126. The van der Waals surface area contributed by atoms with Crippen molar-refractivity contribution in [3.8, 4) is 0 Å². The number of halogens is 1. The van der Waals surface area contributed by atoms with E-state index in [1.54, 1.807) is 0 Å². The van der Waals surface area contributed by atoms with Crippen LogP contribution in [0.1, 0.15) is 6.92 Å². The minimum absolute atomic E-state index is 0.126. The van der Waals surface area contributed by atoms with Crippen molar-refractivity contribution in [2.75, 3.05) is 7.11 Å². The first-order valence-electron chi connectivity index (χ1n) is 3.16. The van der Waals surface area contributed by atoms with Crippen molar-refractivity contribution in [1.82, 2.24) is 0 Å². The zero-order valence-electron chi connectivity index (χ0n) is 6.77. The van der Waals surface area contributed by atoms with Gasteiger partial charge in [0.25, 0.3) is 0 Å². The van der Waals surface area contributed by atoms with Crippen LogP contribution in [0, 0.1) is 0 Å². The molecule has 0 heterocycles. The minimum Gasteiger partial charge on any atom is -0.469 e. The standard InChI is InChI=1S/C6H13ClO2Si/c1-5(6(8)9-2)10(3,4)7/h5H,1-4H3. The van der Waals surface area contributed by atoms with E-state index in [1.807, 2.05) is 20.0 Å². The van der Waals surface area contributed by atoms with Crippen LogP contribution in [0.25, 0.3) is 0 Å². The van der Waals surface area contributed by atoms with Gasteiger partial charge in [-0.15, -0.1) is 0 Å². The average molecular weight is 181 g/mol. The van der Waals surface area contributed by atoms with E-state index in [0.29, 0.717) is 0 Å². The van der Waals surface area contributed by atoms with Crippen molar-refractivity contribution in [2.24, 2.45) is 0 Å². The molecule has 0 aromatic rings. The Hall–Kier alpha value is -0.0231. The Labute approximate surface area is 67.2 Å². The summed E-state index contributed by atoms with van der Waals surface area (Å²) in [5, 5.41) is 0. The first-order valence-corrected chi connectivity index (χ1v) is 7.25. The molecular weight excluding hydrogens is 168 g/mol. The lowest BCUT2D eigenvalue weighted by Crippen LogP contribution is -2.29. The van der Waals surface area contributed by atoms with Gasteiger partial charge in [0, 0.05) is 0 Å². The smallest absolute Gasteiger partial charge is 0.306 e. The van der Waals surface area contributed by atoms with Crippen LogP contribution in [0.4, 0.5) is 0 Å². The molecule has 60 valence electrons. The molecule has 0 aromatic heterocycles. The summed E-state index contributed by atoms with van der Waals surface area (Å²) < 4.78 is 4.55. The van der Waals surface area contributed by atoms with Crippen LogP contribution in [-0.4, -0.2) is 20.5 Å². The van der Waals surface area contributed by atoms with Gasteiger partial charge in [0.1, 0.15) is 0 Å². The van der Waals surface area contributed by atoms with E-state index in [-0.39, 0.29) is 11.5 Å². The van der Waals surface area contributed by atoms with Crippen molar-refractivity contribution >= 4 is 24.4 Å². The molecule has 1 atom stereocenters. The Kier molecular flexibility index (Phi) is 3.38. The Morgan fingerprint density at radius 2 is 2.00 bits per heavy atom. The number of esters is 1. The molecular formula is C6H13ClO2Si. The van der Waals surface area contributed by atoms with Gasteiger partial charge in [0.2, 0.25) is 0 Å². The van der Waals surface area contributed by atoms with Crippen LogP contribution in [0.15, 0.2) is 0 Å². The van der Waals surface area contributed by atoms with Gasteiger partial charge in [-0.2, -0.15) is 11.1 Å². The van der Waals surface area contributed by atoms with Crippen molar-refractivity contribution < 1.29 is 9.53 Å². The molecule has 0 rings (SSSR count). The highest BCUT2D eigenvalue weighted by molar-refractivity contribution is 7.20. The minimum atomic E-state index is -1.85. The number of carbonyl (C=O) groups is 1. The lowest BCUT2D eigenvalue weighted by molar-refractivity contribution is -0.140. The molecule has 0 N–H and O–H groups in total. The van der Waals surface area contributed by atoms with E-state index < -0.39 is 7.38 Å². The monoisotopic (exact) mass is 180 g/mol. The fourth-order valence-electron chi connectivity index (χ4n) is 0.457. The molecule has 0 aliphatic heterocycles. The summed E-state index contributed by atoms with van der Waals surface area (Å²) in [6.07, 6.45) is 0. The lowest BCUT2D eigenvalue weighted by atomic mass is 10.5. The fourth-order valence-corrected chi connectivity index (χ4v) is 1.40. The molecule has 2 nitrogen and oxygen atoms in total. The maximum atomic E-state index is 10.9. The van der Waals surface area contributed by atoms with E-state index in [0.717, 1.165) is 0 Å². The molecule has 0 saturated heterocycles. The van der Waals surface area contributed by atoms with Crippen molar-refractivity contribution in [2.45, 2.75) is 25.6 Å². The molecule has 0 fully saturated rings. The zero-order chi connectivity index (χ0) is 8.36. The molecule has 0 amide bonds. The van der Waals surface area contributed by atoms with Crippen LogP contribution in [0.3, 0.4) is 0 Å². The topological polar surface area (TPSA) is 26.3 Å². The lowest BCUT2D eigenvalue weighted by Gasteiger charge is -2.18. The Morgan fingerprint density at radius 1 is 1.60 bits per heavy atom. The zero-order valence-corrected chi connectivity index (χ0v) is 8.53. The third-order valence-electron chi connectivity index (χ3n) is 1.58. The van der Waals surface area contributed by atoms with Gasteiger partial charge in [0.15, 0.2) is 7.38 Å². The predicted molar refractivity (Wildman–Crippen MR) is 44.8 cm³/mol. The average Bonchev–Trinajstić information content (AvgIpc) is 1.83. The molecule has 0 radical (unpaired) electrons. The molecule has 4 heteroatoms. The Morgan fingerprint density at radius 3 is 2.10 bits per heavy atom. The maximum absolute atomic E-state index is 10.9. The van der Waals surface area contributed by atoms with Gasteiger partial charge >= 0.3 is 5.97 Å². The highest BCUT2D eigenvalue weighted by atomic mass is 35.6. The van der Waals surface area contributed by atoms with E-state index in [1.165, 1.54) is 7.11 Å². The van der Waals surface area contributed by atoms with Crippen LogP contribution < -0.4 is 0 Å². The number of hydrogen-bond acceptors (Lipinski definition) is 2. The Bertz CT molecular complexity index is 130. The third kappa shape index (κ3) is 2.71. The van der Waals surface area contributed by atoms with Gasteiger partial charge < -0.3 is 4.74 Å². The molecule has 1 unspecified atom stereocenters. The van der Waals surface area contributed by atoms with Gasteiger partial charge in [-0.1, -0.05) is 20.0 Å². The summed E-state index contributed by atoms with van der Waals surface area (Å²) in [6, 6.07) is 0. The summed E-state index contributed by atoms with van der Waals surface area (Å²) in [6.45, 7) is 5.66. The maximum Gasteiger partial charge on any atom is 0.306 e. The van der Waals surface area contributed by atoms with Gasteiger partial charge in [-0.3, -0.25) is 4.79 Å². The van der Waals surface area contributed by atoms with E-state index in [9.17, 15) is 4.79 Å². The SMILES string of the molecule is COC(=O)C(C)[Si](C)(C)Cl. The van der Waals surface area contributed by atoms with E-state index >= 15 is 0 Å². The highest BCUT2D eigenvalue weighted by Gasteiger charge is 2.32. The summed E-state index contributed by atoms with van der Waals surface area (Å²) in [7, 11) is -0.462. The van der Waals surface area contributed by atoms with Gasteiger partial charge in [-0.05, 0) is 0 Å². The number of ether oxygens (including phenoxy) is 1.